The highest BCUT2D eigenvalue weighted by atomic mass is 15.3. The van der Waals surface area contributed by atoms with Crippen molar-refractivity contribution in [1.29, 1.82) is 0 Å². The topological polar surface area (TPSA) is 67.1 Å². The molecule has 3 rings (SSSR count). The molecule has 0 amide bonds. The van der Waals surface area contributed by atoms with Gasteiger partial charge in [-0.2, -0.15) is 5.10 Å². The van der Waals surface area contributed by atoms with Gasteiger partial charge < -0.3 is 10.6 Å². The van der Waals surface area contributed by atoms with Crippen molar-refractivity contribution in [1.82, 2.24) is 25.4 Å². The van der Waals surface area contributed by atoms with Gasteiger partial charge in [0.1, 0.15) is 0 Å². The fourth-order valence-electron chi connectivity index (χ4n) is 2.94. The van der Waals surface area contributed by atoms with Crippen LogP contribution in [0.15, 0.2) is 66.2 Å². The lowest BCUT2D eigenvalue weighted by Crippen LogP contribution is -2.39. The van der Waals surface area contributed by atoms with Gasteiger partial charge in [-0.3, -0.25) is 9.98 Å². The summed E-state index contributed by atoms with van der Waals surface area (Å²) in [5.74, 6) is 0.790. The van der Waals surface area contributed by atoms with Gasteiger partial charge in [-0.15, -0.1) is 0 Å². The fourth-order valence-corrected chi connectivity index (χ4v) is 2.94. The summed E-state index contributed by atoms with van der Waals surface area (Å²) < 4.78 is 1.86. The summed E-state index contributed by atoms with van der Waals surface area (Å²) >= 11 is 0. The number of rotatable bonds is 6. The molecule has 0 bridgehead atoms. The van der Waals surface area contributed by atoms with E-state index >= 15 is 0 Å². The zero-order valence-corrected chi connectivity index (χ0v) is 16.1. The van der Waals surface area contributed by atoms with Crippen LogP contribution in [0.3, 0.4) is 0 Å². The molecule has 1 atom stereocenters. The van der Waals surface area contributed by atoms with Crippen molar-refractivity contribution < 1.29 is 0 Å². The molecule has 0 spiro atoms. The fraction of sp³-hybridized carbons (Fsp3) is 0.286. The predicted molar refractivity (Wildman–Crippen MR) is 109 cm³/mol. The van der Waals surface area contributed by atoms with Crippen molar-refractivity contribution in [2.75, 3.05) is 13.6 Å². The van der Waals surface area contributed by atoms with Crippen LogP contribution in [0.4, 0.5) is 0 Å². The maximum Gasteiger partial charge on any atom is 0.191 e. The molecule has 0 saturated heterocycles. The smallest absolute Gasteiger partial charge is 0.191 e. The normalized spacial score (nSPS) is 12.6. The van der Waals surface area contributed by atoms with Gasteiger partial charge in [0, 0.05) is 38.4 Å². The molecule has 0 aliphatic rings. The maximum absolute atomic E-state index is 4.34. The summed E-state index contributed by atoms with van der Waals surface area (Å²) in [5.41, 5.74) is 4.73. The standard InChI is InChI=1S/C21H26N6/c1-16-15-23-11-8-18(16)9-12-24-21(22-3)26-17(2)19-6-4-7-20(14-19)27-13-5-10-25-27/h4-8,10-11,13-15,17H,9,12H2,1-3H3,(H2,22,24,26). The summed E-state index contributed by atoms with van der Waals surface area (Å²) in [6.45, 7) is 5.02. The molecule has 3 aromatic rings. The second-order valence-electron chi connectivity index (χ2n) is 6.46. The maximum atomic E-state index is 4.34. The van der Waals surface area contributed by atoms with E-state index in [2.05, 4.69) is 57.8 Å². The molecule has 0 aliphatic carbocycles. The lowest BCUT2D eigenvalue weighted by atomic mass is 10.1. The van der Waals surface area contributed by atoms with Crippen LogP contribution in [-0.4, -0.2) is 34.3 Å². The molecule has 2 heterocycles. The third kappa shape index (κ3) is 4.94. The lowest BCUT2D eigenvalue weighted by molar-refractivity contribution is 0.682. The SMILES string of the molecule is CN=C(NCCc1ccncc1C)NC(C)c1cccc(-n2cccn2)c1. The molecule has 0 saturated carbocycles. The number of aliphatic imine (C=N–C) groups is 1. The summed E-state index contributed by atoms with van der Waals surface area (Å²) in [4.78, 5) is 8.48. The number of aryl methyl sites for hydroxylation is 1. The van der Waals surface area contributed by atoms with Crippen LogP contribution >= 0.6 is 0 Å². The number of nitrogens with one attached hydrogen (secondary N) is 2. The van der Waals surface area contributed by atoms with Crippen LogP contribution in [0, 0.1) is 6.92 Å². The van der Waals surface area contributed by atoms with E-state index in [1.807, 2.05) is 41.5 Å². The molecule has 1 aromatic carbocycles. The minimum absolute atomic E-state index is 0.120. The van der Waals surface area contributed by atoms with Gasteiger partial charge in [0.2, 0.25) is 0 Å². The summed E-state index contributed by atoms with van der Waals surface area (Å²) in [6, 6.07) is 12.5. The zero-order valence-electron chi connectivity index (χ0n) is 16.1. The zero-order chi connectivity index (χ0) is 19.1. The van der Waals surface area contributed by atoms with E-state index < -0.39 is 0 Å². The van der Waals surface area contributed by atoms with Crippen molar-refractivity contribution in [2.24, 2.45) is 4.99 Å². The monoisotopic (exact) mass is 362 g/mol. The molecule has 0 fully saturated rings. The Hall–Kier alpha value is -3.15. The van der Waals surface area contributed by atoms with Crippen LogP contribution in [0.1, 0.15) is 29.7 Å². The Morgan fingerprint density at radius 3 is 2.85 bits per heavy atom. The average Bonchev–Trinajstić information content (AvgIpc) is 3.23. The van der Waals surface area contributed by atoms with Crippen LogP contribution in [-0.2, 0) is 6.42 Å². The van der Waals surface area contributed by atoms with Gasteiger partial charge in [-0.1, -0.05) is 12.1 Å². The van der Waals surface area contributed by atoms with Crippen molar-refractivity contribution >= 4 is 5.96 Å². The van der Waals surface area contributed by atoms with Crippen molar-refractivity contribution in [3.05, 3.63) is 77.9 Å². The number of nitrogens with zero attached hydrogens (tertiary/aromatic N) is 4. The van der Waals surface area contributed by atoms with E-state index in [-0.39, 0.29) is 6.04 Å². The minimum atomic E-state index is 0.120. The Bertz CT molecular complexity index is 885. The average molecular weight is 362 g/mol. The molecular weight excluding hydrogens is 336 g/mol. The number of hydrogen-bond acceptors (Lipinski definition) is 3. The third-order valence-electron chi connectivity index (χ3n) is 4.54. The van der Waals surface area contributed by atoms with Gasteiger partial charge in [-0.25, -0.2) is 4.68 Å². The largest absolute Gasteiger partial charge is 0.356 e. The Balaban J connectivity index is 1.58. The minimum Gasteiger partial charge on any atom is -0.356 e. The quantitative estimate of drug-likeness (QED) is 0.522. The lowest BCUT2D eigenvalue weighted by Gasteiger charge is -2.19. The first-order chi connectivity index (χ1) is 13.2. The molecule has 0 aliphatic heterocycles. The molecule has 2 N–H and O–H groups in total. The van der Waals surface area contributed by atoms with Crippen molar-refractivity contribution in [3.8, 4) is 5.69 Å². The van der Waals surface area contributed by atoms with Gasteiger partial charge in [-0.05, 0) is 61.2 Å². The van der Waals surface area contributed by atoms with Gasteiger partial charge >= 0.3 is 0 Å². The third-order valence-corrected chi connectivity index (χ3v) is 4.54. The predicted octanol–water partition coefficient (Wildman–Crippen LogP) is 3.04. The molecule has 1 unspecified atom stereocenters. The van der Waals surface area contributed by atoms with Crippen LogP contribution in [0.5, 0.6) is 0 Å². The van der Waals surface area contributed by atoms with Gasteiger partial charge in [0.15, 0.2) is 5.96 Å². The molecule has 140 valence electrons. The highest BCUT2D eigenvalue weighted by Crippen LogP contribution is 2.16. The van der Waals surface area contributed by atoms with Crippen LogP contribution in [0.25, 0.3) is 5.69 Å². The highest BCUT2D eigenvalue weighted by molar-refractivity contribution is 5.80. The van der Waals surface area contributed by atoms with E-state index in [1.54, 1.807) is 13.2 Å². The summed E-state index contributed by atoms with van der Waals surface area (Å²) in [6.07, 6.45) is 8.39. The highest BCUT2D eigenvalue weighted by Gasteiger charge is 2.09. The second kappa shape index (κ2) is 8.98. The number of pyridine rings is 1. The molecule has 6 heteroatoms. The number of benzene rings is 1. The second-order valence-corrected chi connectivity index (χ2v) is 6.46. The number of hydrogen-bond donors (Lipinski definition) is 2. The van der Waals surface area contributed by atoms with Gasteiger partial charge in [0.25, 0.3) is 0 Å². The van der Waals surface area contributed by atoms with E-state index in [4.69, 9.17) is 0 Å². The van der Waals surface area contributed by atoms with E-state index in [0.29, 0.717) is 0 Å². The van der Waals surface area contributed by atoms with Crippen LogP contribution < -0.4 is 10.6 Å². The Morgan fingerprint density at radius 2 is 2.11 bits per heavy atom. The van der Waals surface area contributed by atoms with Crippen molar-refractivity contribution in [3.63, 3.8) is 0 Å². The van der Waals surface area contributed by atoms with E-state index in [1.165, 1.54) is 16.7 Å². The number of aromatic nitrogens is 3. The van der Waals surface area contributed by atoms with Gasteiger partial charge in [0.05, 0.1) is 11.7 Å². The first-order valence-electron chi connectivity index (χ1n) is 9.14. The Labute approximate surface area is 160 Å². The Morgan fingerprint density at radius 1 is 1.22 bits per heavy atom. The van der Waals surface area contributed by atoms with Crippen LogP contribution in [0.2, 0.25) is 0 Å². The first-order valence-corrected chi connectivity index (χ1v) is 9.14. The molecular formula is C21H26N6. The number of guanidine groups is 1. The summed E-state index contributed by atoms with van der Waals surface area (Å²) in [5, 5.41) is 11.1. The summed E-state index contributed by atoms with van der Waals surface area (Å²) in [7, 11) is 1.79. The molecule has 0 radical (unpaired) electrons. The molecule has 2 aromatic heterocycles. The van der Waals surface area contributed by atoms with Crippen molar-refractivity contribution in [2.45, 2.75) is 26.3 Å². The first kappa shape index (κ1) is 18.6. The van der Waals surface area contributed by atoms with E-state index in [9.17, 15) is 0 Å². The molecule has 27 heavy (non-hydrogen) atoms. The molecule has 6 nitrogen and oxygen atoms in total. The Kier molecular flexibility index (Phi) is 6.20. The van der Waals surface area contributed by atoms with E-state index in [0.717, 1.165) is 24.6 Å².